The van der Waals surface area contributed by atoms with E-state index in [9.17, 15) is 0 Å². The van der Waals surface area contributed by atoms with Crippen molar-refractivity contribution in [2.24, 2.45) is 0 Å². The third kappa shape index (κ3) is 3.34. The Hall–Kier alpha value is -1.32. The summed E-state index contributed by atoms with van der Waals surface area (Å²) in [5, 5.41) is 4.21. The number of halogens is 1. The summed E-state index contributed by atoms with van der Waals surface area (Å²) in [5.74, 6) is 0. The van der Waals surface area contributed by atoms with Gasteiger partial charge in [0.2, 0.25) is 0 Å². The fourth-order valence-electron chi connectivity index (χ4n) is 1.90. The van der Waals surface area contributed by atoms with E-state index in [-0.39, 0.29) is 0 Å². The van der Waals surface area contributed by atoms with Crippen LogP contribution in [0.1, 0.15) is 24.6 Å². The van der Waals surface area contributed by atoms with Crippen molar-refractivity contribution < 1.29 is 0 Å². The van der Waals surface area contributed by atoms with Crippen molar-refractivity contribution in [3.05, 3.63) is 53.1 Å². The molecule has 4 heteroatoms. The number of aromatic nitrogens is 2. The Morgan fingerprint density at radius 1 is 1.28 bits per heavy atom. The van der Waals surface area contributed by atoms with Crippen LogP contribution in [0.5, 0.6) is 0 Å². The third-order valence-electron chi connectivity index (χ3n) is 2.84. The zero-order valence-electron chi connectivity index (χ0n) is 10.6. The average Bonchev–Trinajstić information content (AvgIpc) is 2.80. The van der Waals surface area contributed by atoms with E-state index in [2.05, 4.69) is 21.8 Å². The van der Waals surface area contributed by atoms with Crippen LogP contribution in [-0.2, 0) is 19.6 Å². The molecule has 0 unspecified atom stereocenters. The van der Waals surface area contributed by atoms with Gasteiger partial charge in [-0.25, -0.2) is 4.98 Å². The van der Waals surface area contributed by atoms with Crippen LogP contribution in [-0.4, -0.2) is 9.55 Å². The molecule has 0 amide bonds. The van der Waals surface area contributed by atoms with Gasteiger partial charge in [0.05, 0.1) is 12.0 Å². The number of rotatable bonds is 6. The molecule has 1 aromatic carbocycles. The molecule has 96 valence electrons. The van der Waals surface area contributed by atoms with Gasteiger partial charge in [-0.3, -0.25) is 0 Å². The van der Waals surface area contributed by atoms with E-state index in [0.29, 0.717) is 0 Å². The van der Waals surface area contributed by atoms with Crippen molar-refractivity contribution in [2.45, 2.75) is 33.0 Å². The SMILES string of the molecule is CCCn1cncc1CNCc1ccccc1Cl. The highest BCUT2D eigenvalue weighted by atomic mass is 35.5. The number of hydrogen-bond acceptors (Lipinski definition) is 2. The quantitative estimate of drug-likeness (QED) is 0.867. The lowest BCUT2D eigenvalue weighted by molar-refractivity contribution is 0.601. The van der Waals surface area contributed by atoms with E-state index in [1.165, 1.54) is 5.69 Å². The maximum absolute atomic E-state index is 6.11. The van der Waals surface area contributed by atoms with Gasteiger partial charge in [-0.05, 0) is 18.1 Å². The minimum absolute atomic E-state index is 0.775. The molecule has 0 spiro atoms. The molecule has 3 nitrogen and oxygen atoms in total. The summed E-state index contributed by atoms with van der Waals surface area (Å²) >= 11 is 6.11. The van der Waals surface area contributed by atoms with E-state index in [4.69, 9.17) is 11.6 Å². The van der Waals surface area contributed by atoms with Gasteiger partial charge in [-0.15, -0.1) is 0 Å². The van der Waals surface area contributed by atoms with Gasteiger partial charge < -0.3 is 9.88 Å². The Morgan fingerprint density at radius 3 is 2.89 bits per heavy atom. The molecule has 18 heavy (non-hydrogen) atoms. The fourth-order valence-corrected chi connectivity index (χ4v) is 2.11. The van der Waals surface area contributed by atoms with Crippen LogP contribution in [0, 0.1) is 0 Å². The molecule has 2 rings (SSSR count). The number of benzene rings is 1. The molecule has 0 aliphatic rings. The first-order chi connectivity index (χ1) is 8.81. The molecule has 0 saturated heterocycles. The van der Waals surface area contributed by atoms with Gasteiger partial charge in [0.25, 0.3) is 0 Å². The molecule has 0 aliphatic heterocycles. The summed E-state index contributed by atoms with van der Waals surface area (Å²) in [4.78, 5) is 4.18. The topological polar surface area (TPSA) is 29.9 Å². The molecule has 0 aliphatic carbocycles. The lowest BCUT2D eigenvalue weighted by Gasteiger charge is -2.09. The summed E-state index contributed by atoms with van der Waals surface area (Å²) in [7, 11) is 0. The molecule has 1 heterocycles. The summed E-state index contributed by atoms with van der Waals surface area (Å²) in [6, 6.07) is 7.91. The van der Waals surface area contributed by atoms with Crippen LogP contribution in [0.25, 0.3) is 0 Å². The van der Waals surface area contributed by atoms with Crippen molar-refractivity contribution in [3.63, 3.8) is 0 Å². The van der Waals surface area contributed by atoms with Gasteiger partial charge in [-0.1, -0.05) is 36.7 Å². The fraction of sp³-hybridized carbons (Fsp3) is 0.357. The lowest BCUT2D eigenvalue weighted by atomic mass is 10.2. The highest BCUT2D eigenvalue weighted by Crippen LogP contribution is 2.14. The van der Waals surface area contributed by atoms with Crippen molar-refractivity contribution in [2.75, 3.05) is 0 Å². The minimum Gasteiger partial charge on any atom is -0.333 e. The van der Waals surface area contributed by atoms with Gasteiger partial charge >= 0.3 is 0 Å². The number of imidazole rings is 1. The molecule has 0 bridgehead atoms. The second-order valence-corrected chi connectivity index (χ2v) is 4.68. The van der Waals surface area contributed by atoms with Crippen molar-refractivity contribution in [1.29, 1.82) is 0 Å². The van der Waals surface area contributed by atoms with Crippen molar-refractivity contribution in [1.82, 2.24) is 14.9 Å². The first-order valence-electron chi connectivity index (χ1n) is 6.24. The predicted molar refractivity (Wildman–Crippen MR) is 74.5 cm³/mol. The molecule has 0 radical (unpaired) electrons. The first kappa shape index (κ1) is 13.1. The highest BCUT2D eigenvalue weighted by molar-refractivity contribution is 6.31. The Balaban J connectivity index is 1.88. The second-order valence-electron chi connectivity index (χ2n) is 4.27. The summed E-state index contributed by atoms with van der Waals surface area (Å²) in [6.45, 7) is 4.77. The van der Waals surface area contributed by atoms with Gasteiger partial charge in [-0.2, -0.15) is 0 Å². The van der Waals surface area contributed by atoms with E-state index < -0.39 is 0 Å². The zero-order chi connectivity index (χ0) is 12.8. The number of aryl methyl sites for hydroxylation is 1. The first-order valence-corrected chi connectivity index (χ1v) is 6.62. The number of hydrogen-bond donors (Lipinski definition) is 1. The predicted octanol–water partition coefficient (Wildman–Crippen LogP) is 3.24. The standard InChI is InChI=1S/C14H18ClN3/c1-2-7-18-11-17-10-13(18)9-16-8-12-5-3-4-6-14(12)15/h3-6,10-11,16H,2,7-9H2,1H3. The van der Waals surface area contributed by atoms with E-state index >= 15 is 0 Å². The smallest absolute Gasteiger partial charge is 0.0948 e. The van der Waals surface area contributed by atoms with Gasteiger partial charge in [0.15, 0.2) is 0 Å². The minimum atomic E-state index is 0.775. The van der Waals surface area contributed by atoms with Crippen LogP contribution in [0.3, 0.4) is 0 Å². The Morgan fingerprint density at radius 2 is 2.11 bits per heavy atom. The van der Waals surface area contributed by atoms with Gasteiger partial charge in [0.1, 0.15) is 0 Å². The summed E-state index contributed by atoms with van der Waals surface area (Å²) in [5.41, 5.74) is 2.34. The zero-order valence-corrected chi connectivity index (χ0v) is 11.3. The van der Waals surface area contributed by atoms with Gasteiger partial charge in [0, 0.05) is 30.9 Å². The monoisotopic (exact) mass is 263 g/mol. The molecular weight excluding hydrogens is 246 g/mol. The van der Waals surface area contributed by atoms with Crippen molar-refractivity contribution >= 4 is 11.6 Å². The molecule has 0 saturated carbocycles. The molecule has 0 atom stereocenters. The molecule has 2 aromatic rings. The molecular formula is C14H18ClN3. The number of nitrogens with one attached hydrogen (secondary N) is 1. The lowest BCUT2D eigenvalue weighted by Crippen LogP contribution is -2.15. The Bertz CT molecular complexity index is 493. The van der Waals surface area contributed by atoms with E-state index in [1.807, 2.05) is 36.8 Å². The van der Waals surface area contributed by atoms with Crippen LogP contribution < -0.4 is 5.32 Å². The molecule has 0 fully saturated rings. The average molecular weight is 264 g/mol. The van der Waals surface area contributed by atoms with Crippen LogP contribution in [0.15, 0.2) is 36.8 Å². The number of nitrogens with zero attached hydrogens (tertiary/aromatic N) is 2. The van der Waals surface area contributed by atoms with E-state index in [1.54, 1.807) is 0 Å². The second kappa shape index (κ2) is 6.57. The third-order valence-corrected chi connectivity index (χ3v) is 3.21. The Kier molecular flexibility index (Phi) is 4.79. The maximum Gasteiger partial charge on any atom is 0.0948 e. The maximum atomic E-state index is 6.11. The summed E-state index contributed by atoms with van der Waals surface area (Å²) in [6.07, 6.45) is 4.92. The van der Waals surface area contributed by atoms with Crippen LogP contribution in [0.4, 0.5) is 0 Å². The highest BCUT2D eigenvalue weighted by Gasteiger charge is 2.02. The normalized spacial score (nSPS) is 10.8. The van der Waals surface area contributed by atoms with Crippen LogP contribution >= 0.6 is 11.6 Å². The molecule has 1 aromatic heterocycles. The molecule has 1 N–H and O–H groups in total. The Labute approximate surface area is 113 Å². The van der Waals surface area contributed by atoms with Crippen LogP contribution in [0.2, 0.25) is 5.02 Å². The summed E-state index contributed by atoms with van der Waals surface area (Å²) < 4.78 is 2.18. The van der Waals surface area contributed by atoms with Crippen molar-refractivity contribution in [3.8, 4) is 0 Å². The largest absolute Gasteiger partial charge is 0.333 e. The van der Waals surface area contributed by atoms with E-state index in [0.717, 1.165) is 36.6 Å².